The van der Waals surface area contributed by atoms with Crippen molar-refractivity contribution in [1.29, 1.82) is 0 Å². The molecule has 0 aliphatic heterocycles. The van der Waals surface area contributed by atoms with Gasteiger partial charge in [0.25, 0.3) is 5.91 Å². The number of hydrogen-bond donors (Lipinski definition) is 2. The number of hydrogen-bond acceptors (Lipinski definition) is 3. The zero-order valence-corrected chi connectivity index (χ0v) is 15.1. The van der Waals surface area contributed by atoms with E-state index >= 15 is 0 Å². The van der Waals surface area contributed by atoms with Crippen molar-refractivity contribution < 1.29 is 14.3 Å². The summed E-state index contributed by atoms with van der Waals surface area (Å²) in [6.07, 6.45) is 5.74. The number of benzene rings is 2. The number of nitrogens with one attached hydrogen (secondary N) is 2. The standard InChI is InChI=1S/C21H17ClN2O3/c22-15-7-9-17-18(11-15)23-12-19(17)27-21(26)14-6-8-16(10-14)24-20(25)13-4-2-1-3-5-13/h1-9,11-12,14,16,23H,10H2,(H,24,25)/t14-,16+/m1/s1. The number of ether oxygens (including phenoxy) is 1. The first-order valence-electron chi connectivity index (χ1n) is 8.63. The lowest BCUT2D eigenvalue weighted by atomic mass is 10.1. The van der Waals surface area contributed by atoms with Crippen LogP contribution in [0.25, 0.3) is 10.9 Å². The van der Waals surface area contributed by atoms with Gasteiger partial charge in [-0.15, -0.1) is 0 Å². The molecule has 1 aliphatic rings. The predicted octanol–water partition coefficient (Wildman–Crippen LogP) is 4.10. The molecular weight excluding hydrogens is 364 g/mol. The van der Waals surface area contributed by atoms with Gasteiger partial charge in [0.2, 0.25) is 0 Å². The van der Waals surface area contributed by atoms with Gasteiger partial charge in [0.05, 0.1) is 11.4 Å². The summed E-state index contributed by atoms with van der Waals surface area (Å²) in [5.41, 5.74) is 1.40. The third kappa shape index (κ3) is 3.73. The minimum Gasteiger partial charge on any atom is -0.424 e. The molecule has 2 N–H and O–H groups in total. The van der Waals surface area contributed by atoms with Crippen LogP contribution < -0.4 is 10.1 Å². The summed E-state index contributed by atoms with van der Waals surface area (Å²) < 4.78 is 5.55. The SMILES string of the molecule is O=C(N[C@H]1C=C[C@@H](C(=O)Oc2c[nH]c3cc(Cl)ccc23)C1)c1ccccc1. The van der Waals surface area contributed by atoms with Crippen LogP contribution in [0.5, 0.6) is 5.75 Å². The average Bonchev–Trinajstić information content (AvgIpc) is 3.29. The molecule has 2 atom stereocenters. The Morgan fingerprint density at radius 2 is 1.93 bits per heavy atom. The van der Waals surface area contributed by atoms with Crippen LogP contribution in [-0.4, -0.2) is 22.9 Å². The Kier molecular flexibility index (Phi) is 4.69. The Labute approximate surface area is 161 Å². The van der Waals surface area contributed by atoms with Gasteiger partial charge < -0.3 is 15.0 Å². The largest absolute Gasteiger partial charge is 0.424 e. The maximum atomic E-state index is 12.5. The highest BCUT2D eigenvalue weighted by Crippen LogP contribution is 2.29. The van der Waals surface area contributed by atoms with Crippen LogP contribution in [0.4, 0.5) is 0 Å². The molecule has 1 aromatic heterocycles. The Bertz CT molecular complexity index is 1030. The lowest BCUT2D eigenvalue weighted by Gasteiger charge is -2.13. The Hall–Kier alpha value is -3.05. The van der Waals surface area contributed by atoms with Crippen LogP contribution in [0.15, 0.2) is 66.9 Å². The molecule has 1 amide bonds. The summed E-state index contributed by atoms with van der Waals surface area (Å²) in [7, 11) is 0. The van der Waals surface area contributed by atoms with Crippen LogP contribution >= 0.6 is 11.6 Å². The maximum absolute atomic E-state index is 12.5. The summed E-state index contributed by atoms with van der Waals surface area (Å²) in [6, 6.07) is 14.1. The molecule has 5 nitrogen and oxygen atoms in total. The van der Waals surface area contributed by atoms with Gasteiger partial charge in [-0.25, -0.2) is 0 Å². The molecule has 27 heavy (non-hydrogen) atoms. The van der Waals surface area contributed by atoms with E-state index in [9.17, 15) is 9.59 Å². The summed E-state index contributed by atoms with van der Waals surface area (Å²) in [5.74, 6) is -0.438. The van der Waals surface area contributed by atoms with Gasteiger partial charge >= 0.3 is 5.97 Å². The van der Waals surface area contributed by atoms with Crippen LogP contribution in [0, 0.1) is 5.92 Å². The van der Waals surface area contributed by atoms with Crippen molar-refractivity contribution in [3.63, 3.8) is 0 Å². The summed E-state index contributed by atoms with van der Waals surface area (Å²) in [5, 5.41) is 4.32. The minimum absolute atomic E-state index is 0.159. The number of aromatic nitrogens is 1. The van der Waals surface area contributed by atoms with E-state index in [-0.39, 0.29) is 17.9 Å². The van der Waals surface area contributed by atoms with Crippen molar-refractivity contribution in [3.05, 3.63) is 77.5 Å². The van der Waals surface area contributed by atoms with Crippen LogP contribution in [0.2, 0.25) is 5.02 Å². The highest BCUT2D eigenvalue weighted by atomic mass is 35.5. The van der Waals surface area contributed by atoms with Crippen LogP contribution in [0.1, 0.15) is 16.8 Å². The molecule has 1 aliphatic carbocycles. The fourth-order valence-corrected chi connectivity index (χ4v) is 3.33. The third-order valence-electron chi connectivity index (χ3n) is 4.56. The smallest absolute Gasteiger partial charge is 0.318 e. The summed E-state index contributed by atoms with van der Waals surface area (Å²) >= 11 is 5.97. The summed E-state index contributed by atoms with van der Waals surface area (Å²) in [4.78, 5) is 27.8. The van der Waals surface area contributed by atoms with E-state index in [1.165, 1.54) is 0 Å². The van der Waals surface area contributed by atoms with Crippen molar-refractivity contribution in [1.82, 2.24) is 10.3 Å². The van der Waals surface area contributed by atoms with E-state index in [0.717, 1.165) is 10.9 Å². The van der Waals surface area contributed by atoms with Gasteiger partial charge in [-0.1, -0.05) is 42.0 Å². The van der Waals surface area contributed by atoms with Crippen LogP contribution in [0.3, 0.4) is 0 Å². The normalized spacial score (nSPS) is 18.6. The second kappa shape index (κ2) is 7.29. The molecule has 3 aromatic rings. The molecular formula is C21H17ClN2O3. The molecule has 0 radical (unpaired) electrons. The van der Waals surface area contributed by atoms with E-state index in [2.05, 4.69) is 10.3 Å². The fourth-order valence-electron chi connectivity index (χ4n) is 3.16. The van der Waals surface area contributed by atoms with Crippen molar-refractivity contribution in [2.75, 3.05) is 0 Å². The molecule has 136 valence electrons. The number of carbonyl (C=O) groups excluding carboxylic acids is 2. The zero-order valence-electron chi connectivity index (χ0n) is 14.3. The van der Waals surface area contributed by atoms with E-state index in [1.54, 1.807) is 36.5 Å². The number of H-pyrrole nitrogens is 1. The first kappa shape index (κ1) is 17.4. The number of rotatable bonds is 4. The molecule has 6 heteroatoms. The Morgan fingerprint density at radius 1 is 1.11 bits per heavy atom. The number of fused-ring (bicyclic) bond motifs is 1. The quantitative estimate of drug-likeness (QED) is 0.528. The molecule has 0 saturated carbocycles. The van der Waals surface area contributed by atoms with Gasteiger partial charge in [-0.2, -0.15) is 0 Å². The van der Waals surface area contributed by atoms with E-state index in [0.29, 0.717) is 22.8 Å². The van der Waals surface area contributed by atoms with Gasteiger partial charge in [-0.05, 0) is 36.8 Å². The second-order valence-corrected chi connectivity index (χ2v) is 6.87. The van der Waals surface area contributed by atoms with E-state index in [4.69, 9.17) is 16.3 Å². The van der Waals surface area contributed by atoms with Gasteiger partial charge in [0.1, 0.15) is 0 Å². The van der Waals surface area contributed by atoms with E-state index in [1.807, 2.05) is 30.3 Å². The molecule has 4 rings (SSSR count). The molecule has 1 heterocycles. The van der Waals surface area contributed by atoms with Crippen molar-refractivity contribution in [3.8, 4) is 5.75 Å². The maximum Gasteiger partial charge on any atom is 0.318 e. The lowest BCUT2D eigenvalue weighted by molar-refractivity contribution is -0.137. The van der Waals surface area contributed by atoms with E-state index < -0.39 is 5.92 Å². The molecule has 0 fully saturated rings. The lowest BCUT2D eigenvalue weighted by Crippen LogP contribution is -2.33. The minimum atomic E-state index is -0.400. The molecule has 0 spiro atoms. The molecule has 0 saturated heterocycles. The number of carbonyl (C=O) groups is 2. The number of amides is 1. The highest BCUT2D eigenvalue weighted by molar-refractivity contribution is 6.31. The van der Waals surface area contributed by atoms with Gasteiger partial charge in [0, 0.05) is 28.2 Å². The summed E-state index contributed by atoms with van der Waals surface area (Å²) in [6.45, 7) is 0. The second-order valence-electron chi connectivity index (χ2n) is 6.44. The molecule has 0 unspecified atom stereocenters. The monoisotopic (exact) mass is 380 g/mol. The highest BCUT2D eigenvalue weighted by Gasteiger charge is 2.28. The Morgan fingerprint density at radius 3 is 2.74 bits per heavy atom. The van der Waals surface area contributed by atoms with Crippen molar-refractivity contribution >= 4 is 34.4 Å². The average molecular weight is 381 g/mol. The van der Waals surface area contributed by atoms with Gasteiger partial charge in [0.15, 0.2) is 5.75 Å². The first-order valence-corrected chi connectivity index (χ1v) is 9.00. The molecule has 2 aromatic carbocycles. The van der Waals surface area contributed by atoms with Crippen molar-refractivity contribution in [2.45, 2.75) is 12.5 Å². The molecule has 0 bridgehead atoms. The fraction of sp³-hybridized carbons (Fsp3) is 0.143. The third-order valence-corrected chi connectivity index (χ3v) is 4.79. The predicted molar refractivity (Wildman–Crippen MR) is 104 cm³/mol. The first-order chi connectivity index (χ1) is 13.1. The van der Waals surface area contributed by atoms with Crippen molar-refractivity contribution in [2.24, 2.45) is 5.92 Å². The number of halogens is 1. The van der Waals surface area contributed by atoms with Gasteiger partial charge in [-0.3, -0.25) is 9.59 Å². The zero-order chi connectivity index (χ0) is 18.8. The topological polar surface area (TPSA) is 71.2 Å². The number of esters is 1. The number of aromatic amines is 1. The van der Waals surface area contributed by atoms with Crippen LogP contribution in [-0.2, 0) is 4.79 Å². The Balaban J connectivity index is 1.38.